The molecule has 0 aromatic carbocycles. The van der Waals surface area contributed by atoms with Crippen molar-refractivity contribution in [3.05, 3.63) is 36.5 Å². The Morgan fingerprint density at radius 2 is 0.976 bits per heavy atom. The molecule has 0 saturated heterocycles. The van der Waals surface area contributed by atoms with Crippen molar-refractivity contribution in [2.75, 3.05) is 0 Å². The number of rotatable bonds is 32. The van der Waals surface area contributed by atoms with E-state index in [0.717, 1.165) is 64.2 Å². The molecule has 0 spiro atoms. The quantitative estimate of drug-likeness (QED) is 0.0482. The van der Waals surface area contributed by atoms with Gasteiger partial charge in [-0.05, 0) is 89.9 Å². The van der Waals surface area contributed by atoms with Crippen molar-refractivity contribution in [3.63, 3.8) is 0 Å². The van der Waals surface area contributed by atoms with E-state index in [1.807, 2.05) is 0 Å². The van der Waals surface area contributed by atoms with Gasteiger partial charge in [0.05, 0.1) is 0 Å². The highest BCUT2D eigenvalue weighted by Gasteiger charge is 2.13. The molecule has 1 N–H and O–H groups in total. The molecular formula is C38H68O4. The van der Waals surface area contributed by atoms with Crippen LogP contribution < -0.4 is 0 Å². The molecule has 0 aliphatic rings. The molecule has 0 fully saturated rings. The van der Waals surface area contributed by atoms with Crippen LogP contribution in [0.4, 0.5) is 0 Å². The molecule has 0 heterocycles. The van der Waals surface area contributed by atoms with Crippen LogP contribution in [0.15, 0.2) is 36.5 Å². The van der Waals surface area contributed by atoms with Crippen LogP contribution in [0.2, 0.25) is 0 Å². The van der Waals surface area contributed by atoms with Gasteiger partial charge in [-0.25, -0.2) is 0 Å². The summed E-state index contributed by atoms with van der Waals surface area (Å²) in [6.45, 7) is 4.41. The molecule has 1 unspecified atom stereocenters. The zero-order valence-corrected chi connectivity index (χ0v) is 27.8. The summed E-state index contributed by atoms with van der Waals surface area (Å²) >= 11 is 0. The first-order valence-corrected chi connectivity index (χ1v) is 18.0. The third kappa shape index (κ3) is 32.7. The minimum Gasteiger partial charge on any atom is -0.481 e. The molecule has 244 valence electrons. The summed E-state index contributed by atoms with van der Waals surface area (Å²) in [6.07, 6.45) is 43.6. The lowest BCUT2D eigenvalue weighted by molar-refractivity contribution is -0.150. The van der Waals surface area contributed by atoms with E-state index in [1.54, 1.807) is 0 Å². The Morgan fingerprint density at radius 3 is 1.52 bits per heavy atom. The lowest BCUT2D eigenvalue weighted by Gasteiger charge is -2.17. The minimum atomic E-state index is -0.692. The average molecular weight is 589 g/mol. The number of carbonyl (C=O) groups is 2. The topological polar surface area (TPSA) is 63.6 Å². The number of aliphatic carboxylic acids is 1. The van der Waals surface area contributed by atoms with Crippen LogP contribution in [0.3, 0.4) is 0 Å². The molecule has 42 heavy (non-hydrogen) atoms. The smallest absolute Gasteiger partial charge is 0.306 e. The van der Waals surface area contributed by atoms with Crippen LogP contribution in [0.1, 0.15) is 187 Å². The second-order valence-corrected chi connectivity index (χ2v) is 12.0. The fourth-order valence-electron chi connectivity index (χ4n) is 5.20. The molecule has 0 bridgehead atoms. The van der Waals surface area contributed by atoms with E-state index in [2.05, 4.69) is 50.3 Å². The number of hydrogen-bond donors (Lipinski definition) is 1. The summed E-state index contributed by atoms with van der Waals surface area (Å²) in [5.41, 5.74) is 0. The Kier molecular flexibility index (Phi) is 32.2. The summed E-state index contributed by atoms with van der Waals surface area (Å²) in [7, 11) is 0. The summed E-state index contributed by atoms with van der Waals surface area (Å²) in [5, 5.41) is 8.68. The second-order valence-electron chi connectivity index (χ2n) is 12.0. The Hall–Kier alpha value is -1.84. The molecule has 0 amide bonds. The zero-order valence-electron chi connectivity index (χ0n) is 27.8. The van der Waals surface area contributed by atoms with Crippen LogP contribution in [-0.4, -0.2) is 23.1 Å². The van der Waals surface area contributed by atoms with Crippen LogP contribution >= 0.6 is 0 Å². The molecule has 4 nitrogen and oxygen atoms in total. The number of carboxylic acid groups (broad SMARTS) is 1. The van der Waals surface area contributed by atoms with Gasteiger partial charge in [0.1, 0.15) is 6.10 Å². The molecule has 0 saturated carbocycles. The largest absolute Gasteiger partial charge is 0.481 e. The number of carbonyl (C=O) groups excluding carboxylic acids is 1. The first kappa shape index (κ1) is 40.2. The Morgan fingerprint density at radius 1 is 0.524 bits per heavy atom. The van der Waals surface area contributed by atoms with E-state index in [1.165, 1.54) is 96.3 Å². The normalized spacial score (nSPS) is 12.6. The predicted molar refractivity (Wildman–Crippen MR) is 181 cm³/mol. The number of ether oxygens (including phenoxy) is 1. The van der Waals surface area contributed by atoms with Crippen LogP contribution in [0.5, 0.6) is 0 Å². The molecular weight excluding hydrogens is 520 g/mol. The third-order valence-electron chi connectivity index (χ3n) is 7.82. The predicted octanol–water partition coefficient (Wildman–Crippen LogP) is 12.2. The molecule has 0 rings (SSSR count). The monoisotopic (exact) mass is 589 g/mol. The number of esters is 1. The van der Waals surface area contributed by atoms with Gasteiger partial charge >= 0.3 is 11.9 Å². The maximum absolute atomic E-state index is 12.3. The first-order chi connectivity index (χ1) is 20.6. The highest BCUT2D eigenvalue weighted by atomic mass is 16.5. The van der Waals surface area contributed by atoms with Gasteiger partial charge in [-0.3, -0.25) is 9.59 Å². The maximum atomic E-state index is 12.3. The highest BCUT2D eigenvalue weighted by Crippen LogP contribution is 2.16. The Bertz CT molecular complexity index is 679. The summed E-state index contributed by atoms with van der Waals surface area (Å²) in [4.78, 5) is 22.9. The van der Waals surface area contributed by atoms with E-state index in [4.69, 9.17) is 9.84 Å². The summed E-state index contributed by atoms with van der Waals surface area (Å²) < 4.78 is 5.81. The molecule has 0 aromatic heterocycles. The fraction of sp³-hybridized carbons (Fsp3) is 0.789. The van der Waals surface area contributed by atoms with Gasteiger partial charge in [-0.1, -0.05) is 121 Å². The molecule has 0 aliphatic heterocycles. The van der Waals surface area contributed by atoms with E-state index in [0.29, 0.717) is 12.8 Å². The van der Waals surface area contributed by atoms with Crippen molar-refractivity contribution in [1.29, 1.82) is 0 Å². The number of hydrogen-bond acceptors (Lipinski definition) is 3. The Balaban J connectivity index is 3.58. The van der Waals surface area contributed by atoms with Gasteiger partial charge in [0.25, 0.3) is 0 Å². The van der Waals surface area contributed by atoms with Gasteiger partial charge in [0.2, 0.25) is 0 Å². The third-order valence-corrected chi connectivity index (χ3v) is 7.82. The van der Waals surface area contributed by atoms with Gasteiger partial charge in [0.15, 0.2) is 0 Å². The van der Waals surface area contributed by atoms with Crippen LogP contribution in [-0.2, 0) is 14.3 Å². The molecule has 0 aliphatic carbocycles. The standard InChI is InChI=1S/C38H68O4/c1-3-5-6-7-8-9-10-11-12-13-14-15-16-17-18-19-20-21-25-28-31-35-38(41)42-36(32-4-2)33-29-26-23-22-24-27-30-34-37(39)40/h8-9,11-12,17-18,36H,3-7,10,13-16,19-35H2,1-2H3,(H,39,40)/b9-8-,12-11-,18-17-. The molecule has 1 atom stereocenters. The number of carboxylic acids is 1. The first-order valence-electron chi connectivity index (χ1n) is 18.0. The van der Waals surface area contributed by atoms with Crippen molar-refractivity contribution < 1.29 is 19.4 Å². The molecule has 0 aromatic rings. The number of unbranched alkanes of at least 4 members (excludes halogenated alkanes) is 17. The van der Waals surface area contributed by atoms with Gasteiger partial charge in [-0.15, -0.1) is 0 Å². The second kappa shape index (κ2) is 33.7. The van der Waals surface area contributed by atoms with E-state index >= 15 is 0 Å². The lowest BCUT2D eigenvalue weighted by Crippen LogP contribution is -2.18. The lowest BCUT2D eigenvalue weighted by atomic mass is 10.0. The van der Waals surface area contributed by atoms with Gasteiger partial charge in [0, 0.05) is 12.8 Å². The summed E-state index contributed by atoms with van der Waals surface area (Å²) in [6, 6.07) is 0. The highest BCUT2D eigenvalue weighted by molar-refractivity contribution is 5.69. The van der Waals surface area contributed by atoms with Crippen molar-refractivity contribution in [3.8, 4) is 0 Å². The van der Waals surface area contributed by atoms with Crippen LogP contribution in [0.25, 0.3) is 0 Å². The van der Waals surface area contributed by atoms with Crippen molar-refractivity contribution in [2.24, 2.45) is 0 Å². The Labute approximate surface area is 260 Å². The average Bonchev–Trinajstić information content (AvgIpc) is 2.97. The maximum Gasteiger partial charge on any atom is 0.306 e. The van der Waals surface area contributed by atoms with Crippen molar-refractivity contribution in [2.45, 2.75) is 193 Å². The minimum absolute atomic E-state index is 0.0139. The zero-order chi connectivity index (χ0) is 30.8. The summed E-state index contributed by atoms with van der Waals surface area (Å²) in [5.74, 6) is -0.706. The van der Waals surface area contributed by atoms with Gasteiger partial charge in [-0.2, -0.15) is 0 Å². The molecule has 0 radical (unpaired) electrons. The van der Waals surface area contributed by atoms with Gasteiger partial charge < -0.3 is 9.84 Å². The molecule has 4 heteroatoms. The van der Waals surface area contributed by atoms with E-state index in [9.17, 15) is 9.59 Å². The van der Waals surface area contributed by atoms with E-state index in [-0.39, 0.29) is 12.1 Å². The SMILES string of the molecule is CCCCC/C=C\C/C=C\CCCC/C=C\CCCCCCCC(=O)OC(CCC)CCCCCCCCCC(=O)O. The van der Waals surface area contributed by atoms with Crippen molar-refractivity contribution in [1.82, 2.24) is 0 Å². The van der Waals surface area contributed by atoms with E-state index < -0.39 is 5.97 Å². The van der Waals surface area contributed by atoms with Crippen LogP contribution in [0, 0.1) is 0 Å². The number of allylic oxidation sites excluding steroid dienone is 6. The van der Waals surface area contributed by atoms with Crippen molar-refractivity contribution >= 4 is 11.9 Å². The fourth-order valence-corrected chi connectivity index (χ4v) is 5.20.